The monoisotopic (exact) mass is 250 g/mol. The second-order valence-corrected chi connectivity index (χ2v) is 4.20. The van der Waals surface area contributed by atoms with Gasteiger partial charge in [-0.05, 0) is 6.07 Å². The van der Waals surface area contributed by atoms with Gasteiger partial charge in [-0.2, -0.15) is 5.10 Å². The number of amides is 1. The van der Waals surface area contributed by atoms with Crippen LogP contribution in [0.25, 0.3) is 0 Å². The molecule has 17 heavy (non-hydrogen) atoms. The van der Waals surface area contributed by atoms with Gasteiger partial charge in [-0.3, -0.25) is 14.3 Å². The molecular weight excluding hydrogens is 240 g/mol. The molecule has 6 nitrogen and oxygen atoms in total. The zero-order valence-electron chi connectivity index (χ0n) is 9.08. The van der Waals surface area contributed by atoms with E-state index < -0.39 is 0 Å². The Hall–Kier alpha value is -2.02. The zero-order valence-corrected chi connectivity index (χ0v) is 9.90. The summed E-state index contributed by atoms with van der Waals surface area (Å²) in [5.41, 5.74) is 0.365. The van der Waals surface area contributed by atoms with Gasteiger partial charge >= 0.3 is 0 Å². The third-order valence-corrected chi connectivity index (χ3v) is 2.73. The van der Waals surface area contributed by atoms with E-state index in [1.165, 1.54) is 22.9 Å². The highest BCUT2D eigenvalue weighted by molar-refractivity contribution is 7.14. The first-order chi connectivity index (χ1) is 8.15. The molecule has 0 aliphatic carbocycles. The van der Waals surface area contributed by atoms with Gasteiger partial charge < -0.3 is 5.32 Å². The Labute approximate surface area is 101 Å². The van der Waals surface area contributed by atoms with E-state index in [-0.39, 0.29) is 18.2 Å². The fourth-order valence-electron chi connectivity index (χ4n) is 1.19. The third kappa shape index (κ3) is 2.97. The van der Waals surface area contributed by atoms with Crippen LogP contribution in [0, 0.1) is 0 Å². The van der Waals surface area contributed by atoms with Crippen LogP contribution >= 0.6 is 11.3 Å². The lowest BCUT2D eigenvalue weighted by atomic mass is 10.4. The molecule has 1 amide bonds. The highest BCUT2D eigenvalue weighted by Crippen LogP contribution is 2.15. The van der Waals surface area contributed by atoms with Crippen LogP contribution in [0.3, 0.4) is 0 Å². The van der Waals surface area contributed by atoms with Gasteiger partial charge in [-0.1, -0.05) is 0 Å². The standard InChI is InChI=1S/C10H10N4O2S/c1-7(15)8-6-17-10(12-8)13-9(16)5-14-4-2-3-11-14/h2-4,6H,5H2,1H3,(H,12,13,16). The van der Waals surface area contributed by atoms with Crippen molar-refractivity contribution >= 4 is 28.2 Å². The lowest BCUT2D eigenvalue weighted by molar-refractivity contribution is -0.116. The van der Waals surface area contributed by atoms with Crippen molar-refractivity contribution in [2.45, 2.75) is 13.5 Å². The highest BCUT2D eigenvalue weighted by atomic mass is 32.1. The van der Waals surface area contributed by atoms with Crippen LogP contribution in [0.1, 0.15) is 17.4 Å². The summed E-state index contributed by atoms with van der Waals surface area (Å²) >= 11 is 1.23. The fraction of sp³-hybridized carbons (Fsp3) is 0.200. The Balaban J connectivity index is 1.96. The molecule has 0 aliphatic heterocycles. The topological polar surface area (TPSA) is 76.9 Å². The molecule has 2 aromatic heterocycles. The van der Waals surface area contributed by atoms with E-state index in [9.17, 15) is 9.59 Å². The van der Waals surface area contributed by atoms with Crippen LogP contribution in [-0.4, -0.2) is 26.5 Å². The largest absolute Gasteiger partial charge is 0.300 e. The fourth-order valence-corrected chi connectivity index (χ4v) is 1.96. The van der Waals surface area contributed by atoms with Gasteiger partial charge in [-0.15, -0.1) is 11.3 Å². The summed E-state index contributed by atoms with van der Waals surface area (Å²) in [4.78, 5) is 26.6. The quantitative estimate of drug-likeness (QED) is 0.827. The Kier molecular flexibility index (Phi) is 3.29. The molecule has 2 heterocycles. The number of thiazole rings is 1. The minimum Gasteiger partial charge on any atom is -0.300 e. The van der Waals surface area contributed by atoms with E-state index in [1.54, 1.807) is 23.8 Å². The van der Waals surface area contributed by atoms with Crippen molar-refractivity contribution in [3.63, 3.8) is 0 Å². The van der Waals surface area contributed by atoms with Gasteiger partial charge in [-0.25, -0.2) is 4.98 Å². The number of anilines is 1. The highest BCUT2D eigenvalue weighted by Gasteiger charge is 2.09. The summed E-state index contributed by atoms with van der Waals surface area (Å²) in [6.07, 6.45) is 3.30. The van der Waals surface area contributed by atoms with Crippen LogP contribution < -0.4 is 5.32 Å². The van der Waals surface area contributed by atoms with E-state index in [0.717, 1.165) is 0 Å². The molecule has 0 spiro atoms. The number of Topliss-reactive ketones (excluding diaryl/α,β-unsaturated/α-hetero) is 1. The van der Waals surface area contributed by atoms with Gasteiger partial charge in [0.2, 0.25) is 5.91 Å². The number of aromatic nitrogens is 3. The van der Waals surface area contributed by atoms with Crippen molar-refractivity contribution in [2.24, 2.45) is 0 Å². The molecule has 7 heteroatoms. The van der Waals surface area contributed by atoms with Crippen molar-refractivity contribution < 1.29 is 9.59 Å². The van der Waals surface area contributed by atoms with Crippen LogP contribution in [-0.2, 0) is 11.3 Å². The summed E-state index contributed by atoms with van der Waals surface area (Å²) in [5.74, 6) is -0.341. The number of nitrogens with one attached hydrogen (secondary N) is 1. The van der Waals surface area contributed by atoms with E-state index in [2.05, 4.69) is 15.4 Å². The van der Waals surface area contributed by atoms with Gasteiger partial charge in [0.25, 0.3) is 0 Å². The Morgan fingerprint density at radius 2 is 2.35 bits per heavy atom. The molecule has 1 N–H and O–H groups in total. The first-order valence-electron chi connectivity index (χ1n) is 4.89. The smallest absolute Gasteiger partial charge is 0.247 e. The van der Waals surface area contributed by atoms with Crippen LogP contribution in [0.5, 0.6) is 0 Å². The minimum atomic E-state index is -0.224. The molecule has 88 valence electrons. The zero-order chi connectivity index (χ0) is 12.3. The SMILES string of the molecule is CC(=O)c1csc(NC(=O)Cn2cccn2)n1. The van der Waals surface area contributed by atoms with Crippen molar-refractivity contribution in [1.29, 1.82) is 0 Å². The van der Waals surface area contributed by atoms with Gasteiger partial charge in [0.15, 0.2) is 10.9 Å². The molecule has 2 aromatic rings. The second-order valence-electron chi connectivity index (χ2n) is 3.35. The number of hydrogen-bond donors (Lipinski definition) is 1. The van der Waals surface area contributed by atoms with Crippen LogP contribution in [0.2, 0.25) is 0 Å². The molecule has 0 radical (unpaired) electrons. The molecule has 0 aromatic carbocycles. The third-order valence-electron chi connectivity index (χ3n) is 1.98. The van der Waals surface area contributed by atoms with Crippen LogP contribution in [0.15, 0.2) is 23.8 Å². The number of rotatable bonds is 4. The Morgan fingerprint density at radius 1 is 1.53 bits per heavy atom. The molecule has 2 rings (SSSR count). The molecule has 0 saturated carbocycles. The summed E-state index contributed by atoms with van der Waals surface area (Å²) < 4.78 is 1.51. The minimum absolute atomic E-state index is 0.117. The number of carbonyl (C=O) groups is 2. The van der Waals surface area contributed by atoms with E-state index in [0.29, 0.717) is 10.8 Å². The normalized spacial score (nSPS) is 10.2. The van der Waals surface area contributed by atoms with Gasteiger partial charge in [0.05, 0.1) is 0 Å². The summed E-state index contributed by atoms with van der Waals surface area (Å²) in [6.45, 7) is 1.56. The summed E-state index contributed by atoms with van der Waals surface area (Å²) in [7, 11) is 0. The lowest BCUT2D eigenvalue weighted by Gasteiger charge is -2.01. The second kappa shape index (κ2) is 4.88. The number of carbonyl (C=O) groups excluding carboxylic acids is 2. The van der Waals surface area contributed by atoms with Crippen molar-refractivity contribution in [3.05, 3.63) is 29.5 Å². The maximum absolute atomic E-state index is 11.6. The molecule has 0 fully saturated rings. The number of hydrogen-bond acceptors (Lipinski definition) is 5. The molecule has 0 bridgehead atoms. The number of ketones is 1. The maximum Gasteiger partial charge on any atom is 0.247 e. The van der Waals surface area contributed by atoms with Crippen molar-refractivity contribution in [2.75, 3.05) is 5.32 Å². The Bertz CT molecular complexity index is 532. The lowest BCUT2D eigenvalue weighted by Crippen LogP contribution is -2.18. The molecular formula is C10H10N4O2S. The first kappa shape index (κ1) is 11.5. The number of nitrogens with zero attached hydrogens (tertiary/aromatic N) is 3. The molecule has 0 aliphatic rings. The predicted molar refractivity (Wildman–Crippen MR) is 63.0 cm³/mol. The van der Waals surface area contributed by atoms with Gasteiger partial charge in [0, 0.05) is 24.7 Å². The average molecular weight is 250 g/mol. The van der Waals surface area contributed by atoms with Gasteiger partial charge in [0.1, 0.15) is 12.2 Å². The van der Waals surface area contributed by atoms with Crippen LogP contribution in [0.4, 0.5) is 5.13 Å². The summed E-state index contributed by atoms with van der Waals surface area (Å²) in [6, 6.07) is 1.74. The Morgan fingerprint density at radius 3 is 2.94 bits per heavy atom. The summed E-state index contributed by atoms with van der Waals surface area (Å²) in [5, 5.41) is 8.57. The molecule has 0 unspecified atom stereocenters. The van der Waals surface area contributed by atoms with E-state index in [4.69, 9.17) is 0 Å². The first-order valence-corrected chi connectivity index (χ1v) is 5.77. The average Bonchev–Trinajstić information content (AvgIpc) is 2.88. The van der Waals surface area contributed by atoms with Crippen molar-refractivity contribution in [1.82, 2.24) is 14.8 Å². The molecule has 0 atom stereocenters. The predicted octanol–water partition coefficient (Wildman–Crippen LogP) is 1.18. The maximum atomic E-state index is 11.6. The molecule has 0 saturated heterocycles. The van der Waals surface area contributed by atoms with E-state index >= 15 is 0 Å². The van der Waals surface area contributed by atoms with Crippen molar-refractivity contribution in [3.8, 4) is 0 Å². The van der Waals surface area contributed by atoms with E-state index in [1.807, 2.05) is 0 Å².